The Hall–Kier alpha value is -0.340. The maximum Gasteiger partial charge on any atom is 0.0872 e. The molecule has 0 aromatic heterocycles. The van der Waals surface area contributed by atoms with Crippen molar-refractivity contribution in [2.45, 2.75) is 59.7 Å². The summed E-state index contributed by atoms with van der Waals surface area (Å²) >= 11 is 0. The summed E-state index contributed by atoms with van der Waals surface area (Å²) in [5.41, 5.74) is -0.634. The molecule has 2 N–H and O–H groups in total. The van der Waals surface area contributed by atoms with Gasteiger partial charge in [0.15, 0.2) is 0 Å². The molecule has 2 heteroatoms. The highest BCUT2D eigenvalue weighted by atomic mass is 16.3. The summed E-state index contributed by atoms with van der Waals surface area (Å²) in [5, 5.41) is 18.2. The standard InChI is InChI=1S/C6H14O2.C5H10/c1-5(2,7)6(3,4)8;1-4-5(2)3/h7-8H,1-4H3;4H,1-3H3. The quantitative estimate of drug-likeness (QED) is 0.621. The molecule has 0 bridgehead atoms. The van der Waals surface area contributed by atoms with Gasteiger partial charge in [-0.3, -0.25) is 0 Å². The molecular formula is C11H24O2. The molecule has 0 saturated carbocycles. The van der Waals surface area contributed by atoms with Gasteiger partial charge in [0.2, 0.25) is 0 Å². The molecule has 0 heterocycles. The molecule has 2 nitrogen and oxygen atoms in total. The number of hydrogen-bond donors (Lipinski definition) is 2. The van der Waals surface area contributed by atoms with E-state index in [1.807, 2.05) is 6.92 Å². The maximum atomic E-state index is 9.10. The largest absolute Gasteiger partial charge is 0.387 e. The Morgan fingerprint density at radius 3 is 1.08 bits per heavy atom. The van der Waals surface area contributed by atoms with Gasteiger partial charge >= 0.3 is 0 Å². The van der Waals surface area contributed by atoms with E-state index in [9.17, 15) is 0 Å². The van der Waals surface area contributed by atoms with Crippen molar-refractivity contribution in [1.29, 1.82) is 0 Å². The van der Waals surface area contributed by atoms with Crippen LogP contribution in [0, 0.1) is 0 Å². The van der Waals surface area contributed by atoms with Crippen molar-refractivity contribution in [3.63, 3.8) is 0 Å². The van der Waals surface area contributed by atoms with Crippen LogP contribution < -0.4 is 0 Å². The molecule has 0 aromatic rings. The fourth-order valence-corrected chi connectivity index (χ4v) is 0. The Morgan fingerprint density at radius 1 is 0.923 bits per heavy atom. The van der Waals surface area contributed by atoms with E-state index in [1.54, 1.807) is 27.7 Å². The predicted octanol–water partition coefficient (Wildman–Crippen LogP) is 2.50. The first-order chi connectivity index (χ1) is 5.52. The van der Waals surface area contributed by atoms with E-state index in [-0.39, 0.29) is 0 Å². The zero-order chi connectivity index (χ0) is 11.3. The number of rotatable bonds is 1. The van der Waals surface area contributed by atoms with Gasteiger partial charge in [-0.05, 0) is 48.5 Å². The third-order valence-corrected chi connectivity index (χ3v) is 2.07. The van der Waals surface area contributed by atoms with Crippen LogP contribution in [0.5, 0.6) is 0 Å². The average Bonchev–Trinajstić information content (AvgIpc) is 1.84. The third-order valence-electron chi connectivity index (χ3n) is 2.07. The first kappa shape index (κ1) is 15.1. The van der Waals surface area contributed by atoms with Gasteiger partial charge in [-0.1, -0.05) is 11.6 Å². The van der Waals surface area contributed by atoms with Crippen LogP contribution in [0.1, 0.15) is 48.5 Å². The van der Waals surface area contributed by atoms with Gasteiger partial charge in [0.25, 0.3) is 0 Å². The van der Waals surface area contributed by atoms with Crippen LogP contribution >= 0.6 is 0 Å². The summed E-state index contributed by atoms with van der Waals surface area (Å²) in [7, 11) is 0. The summed E-state index contributed by atoms with van der Waals surface area (Å²) in [6.45, 7) is 12.5. The van der Waals surface area contributed by atoms with Gasteiger partial charge in [-0.2, -0.15) is 0 Å². The van der Waals surface area contributed by atoms with Crippen LogP contribution in [-0.4, -0.2) is 21.4 Å². The average molecular weight is 188 g/mol. The summed E-state index contributed by atoms with van der Waals surface area (Å²) < 4.78 is 0. The first-order valence-electron chi connectivity index (χ1n) is 4.56. The highest BCUT2D eigenvalue weighted by Crippen LogP contribution is 2.19. The van der Waals surface area contributed by atoms with Gasteiger partial charge in [0.1, 0.15) is 0 Å². The summed E-state index contributed by atoms with van der Waals surface area (Å²) in [6, 6.07) is 0. The minimum absolute atomic E-state index is 1.01. The van der Waals surface area contributed by atoms with E-state index < -0.39 is 11.2 Å². The number of aliphatic hydroxyl groups is 2. The molecule has 0 fully saturated rings. The zero-order valence-electron chi connectivity index (χ0n) is 9.97. The zero-order valence-corrected chi connectivity index (χ0v) is 9.97. The molecule has 0 rings (SSSR count). The molecule has 0 aliphatic carbocycles. The first-order valence-corrected chi connectivity index (χ1v) is 4.56. The van der Waals surface area contributed by atoms with Crippen LogP contribution in [-0.2, 0) is 0 Å². The molecule has 0 saturated heterocycles. The predicted molar refractivity (Wildman–Crippen MR) is 57.7 cm³/mol. The fraction of sp³-hybridized carbons (Fsp3) is 0.818. The Kier molecular flexibility index (Phi) is 6.30. The van der Waals surface area contributed by atoms with Gasteiger partial charge < -0.3 is 10.2 Å². The Bertz CT molecular complexity index is 140. The summed E-state index contributed by atoms with van der Waals surface area (Å²) in [6.07, 6.45) is 2.08. The van der Waals surface area contributed by atoms with Gasteiger partial charge in [0, 0.05) is 0 Å². The lowest BCUT2D eigenvalue weighted by atomic mass is 9.90. The number of hydrogen-bond acceptors (Lipinski definition) is 2. The van der Waals surface area contributed by atoms with Crippen molar-refractivity contribution in [2.24, 2.45) is 0 Å². The number of allylic oxidation sites excluding steroid dienone is 2. The maximum absolute atomic E-state index is 9.10. The fourth-order valence-electron chi connectivity index (χ4n) is 0. The van der Waals surface area contributed by atoms with Crippen LogP contribution in [0.15, 0.2) is 11.6 Å². The third kappa shape index (κ3) is 9.57. The van der Waals surface area contributed by atoms with Crippen LogP contribution in [0.25, 0.3) is 0 Å². The Balaban J connectivity index is 0. The Labute approximate surface area is 82.3 Å². The smallest absolute Gasteiger partial charge is 0.0872 e. The van der Waals surface area contributed by atoms with E-state index >= 15 is 0 Å². The van der Waals surface area contributed by atoms with Crippen LogP contribution in [0.4, 0.5) is 0 Å². The van der Waals surface area contributed by atoms with Crippen molar-refractivity contribution in [1.82, 2.24) is 0 Å². The lowest BCUT2D eigenvalue weighted by Crippen LogP contribution is -2.44. The lowest BCUT2D eigenvalue weighted by Gasteiger charge is -2.31. The summed E-state index contributed by atoms with van der Waals surface area (Å²) in [5.74, 6) is 0. The SMILES string of the molecule is CC(C)(O)C(C)(C)O.CC=C(C)C. The lowest BCUT2D eigenvalue weighted by molar-refractivity contribution is -0.107. The van der Waals surface area contributed by atoms with E-state index in [1.165, 1.54) is 5.57 Å². The van der Waals surface area contributed by atoms with Gasteiger partial charge in [-0.15, -0.1) is 0 Å². The Morgan fingerprint density at radius 2 is 1.08 bits per heavy atom. The molecule has 0 unspecified atom stereocenters. The molecule has 0 aliphatic rings. The molecule has 0 spiro atoms. The second kappa shape index (κ2) is 5.40. The monoisotopic (exact) mass is 188 g/mol. The van der Waals surface area contributed by atoms with E-state index in [0.717, 1.165) is 0 Å². The van der Waals surface area contributed by atoms with Crippen LogP contribution in [0.2, 0.25) is 0 Å². The van der Waals surface area contributed by atoms with Crippen molar-refractivity contribution >= 4 is 0 Å². The minimum Gasteiger partial charge on any atom is -0.387 e. The summed E-state index contributed by atoms with van der Waals surface area (Å²) in [4.78, 5) is 0. The minimum atomic E-state index is -1.01. The van der Waals surface area contributed by atoms with Gasteiger partial charge in [-0.25, -0.2) is 0 Å². The van der Waals surface area contributed by atoms with E-state index in [0.29, 0.717) is 0 Å². The highest BCUT2D eigenvalue weighted by Gasteiger charge is 2.31. The van der Waals surface area contributed by atoms with Gasteiger partial charge in [0.05, 0.1) is 11.2 Å². The highest BCUT2D eigenvalue weighted by molar-refractivity contribution is 4.88. The van der Waals surface area contributed by atoms with E-state index in [2.05, 4.69) is 19.9 Å². The molecule has 80 valence electrons. The molecule has 13 heavy (non-hydrogen) atoms. The molecule has 0 aromatic carbocycles. The van der Waals surface area contributed by atoms with Crippen molar-refractivity contribution in [3.05, 3.63) is 11.6 Å². The van der Waals surface area contributed by atoms with Crippen molar-refractivity contribution in [3.8, 4) is 0 Å². The molecule has 0 amide bonds. The van der Waals surface area contributed by atoms with Crippen molar-refractivity contribution < 1.29 is 10.2 Å². The molecule has 0 radical (unpaired) electrons. The topological polar surface area (TPSA) is 40.5 Å². The van der Waals surface area contributed by atoms with Crippen LogP contribution in [0.3, 0.4) is 0 Å². The second-order valence-corrected chi connectivity index (χ2v) is 4.48. The van der Waals surface area contributed by atoms with Crippen molar-refractivity contribution in [2.75, 3.05) is 0 Å². The molecular weight excluding hydrogens is 164 g/mol. The molecule has 0 atom stereocenters. The van der Waals surface area contributed by atoms with E-state index in [4.69, 9.17) is 10.2 Å². The normalized spacial score (nSPS) is 11.5. The molecule has 0 aliphatic heterocycles. The second-order valence-electron chi connectivity index (χ2n) is 4.48.